The van der Waals surface area contributed by atoms with Crippen LogP contribution in [-0.2, 0) is 14.9 Å². The third kappa shape index (κ3) is 4.03. The summed E-state index contributed by atoms with van der Waals surface area (Å²) in [4.78, 5) is 11.8. The second-order valence-electron chi connectivity index (χ2n) is 5.05. The van der Waals surface area contributed by atoms with E-state index in [9.17, 15) is 13.2 Å². The minimum absolute atomic E-state index is 0.0254. The van der Waals surface area contributed by atoms with Crippen molar-refractivity contribution >= 4 is 16.1 Å². The van der Waals surface area contributed by atoms with E-state index in [1.165, 1.54) is 45.6 Å². The Morgan fingerprint density at radius 2 is 1.52 bits per heavy atom. The van der Waals surface area contributed by atoms with E-state index < -0.39 is 16.1 Å². The summed E-state index contributed by atoms with van der Waals surface area (Å²) in [5.41, 5.74) is 0.972. The molecule has 2 aromatic rings. The van der Waals surface area contributed by atoms with Gasteiger partial charge >= 0.3 is 16.1 Å². The molecule has 2 rings (SSSR count). The average Bonchev–Trinajstić information content (AvgIpc) is 2.60. The first-order valence-corrected chi connectivity index (χ1v) is 8.58. The minimum Gasteiger partial charge on any atom is -0.493 e. The van der Waals surface area contributed by atoms with Crippen LogP contribution in [0.1, 0.15) is 15.9 Å². The molecule has 0 fully saturated rings. The Balaban J connectivity index is 2.53. The molecule has 0 aliphatic rings. The number of ether oxygens (including phenoxy) is 3. The number of hydrogen-bond donors (Lipinski definition) is 0. The highest BCUT2D eigenvalue weighted by Crippen LogP contribution is 2.40. The lowest BCUT2D eigenvalue weighted by molar-refractivity contribution is 0.0600. The van der Waals surface area contributed by atoms with E-state index >= 15 is 0 Å². The number of methoxy groups -OCH3 is 3. The molecule has 0 aromatic heterocycles. The number of carbonyl (C=O) groups excluding carboxylic acids is 1. The molecule has 25 heavy (non-hydrogen) atoms. The maximum Gasteiger partial charge on any atom is 0.339 e. The third-order valence-electron chi connectivity index (χ3n) is 3.38. The Hall–Kier alpha value is -2.74. The number of aryl methyl sites for hydroxylation is 1. The largest absolute Gasteiger partial charge is 0.493 e. The molecule has 0 amide bonds. The van der Waals surface area contributed by atoms with Crippen molar-refractivity contribution in [3.05, 3.63) is 47.5 Å². The normalized spacial score (nSPS) is 10.9. The van der Waals surface area contributed by atoms with Gasteiger partial charge in [0.05, 0.1) is 26.9 Å². The van der Waals surface area contributed by atoms with Gasteiger partial charge in [0.1, 0.15) is 4.90 Å². The first-order valence-electron chi connectivity index (χ1n) is 7.18. The third-order valence-corrected chi connectivity index (χ3v) is 4.62. The van der Waals surface area contributed by atoms with Gasteiger partial charge in [-0.3, -0.25) is 0 Å². The molecule has 0 radical (unpaired) electrons. The molecule has 2 aromatic carbocycles. The summed E-state index contributed by atoms with van der Waals surface area (Å²) in [5.74, 6) is -0.660. The van der Waals surface area contributed by atoms with Gasteiger partial charge in [-0.05, 0) is 25.1 Å². The second kappa shape index (κ2) is 7.43. The summed E-state index contributed by atoms with van der Waals surface area (Å²) >= 11 is 0. The van der Waals surface area contributed by atoms with Gasteiger partial charge in [0, 0.05) is 6.07 Å². The number of esters is 1. The van der Waals surface area contributed by atoms with Crippen LogP contribution in [0.15, 0.2) is 41.3 Å². The summed E-state index contributed by atoms with van der Waals surface area (Å²) in [6.07, 6.45) is 0. The van der Waals surface area contributed by atoms with Gasteiger partial charge in [0.15, 0.2) is 11.5 Å². The maximum atomic E-state index is 12.5. The van der Waals surface area contributed by atoms with Crippen molar-refractivity contribution in [2.45, 2.75) is 11.8 Å². The van der Waals surface area contributed by atoms with Gasteiger partial charge in [0.2, 0.25) is 5.75 Å². The average molecular weight is 366 g/mol. The van der Waals surface area contributed by atoms with E-state index in [1.807, 2.05) is 6.92 Å². The van der Waals surface area contributed by atoms with Crippen LogP contribution in [0.25, 0.3) is 0 Å². The predicted molar refractivity (Wildman–Crippen MR) is 89.9 cm³/mol. The van der Waals surface area contributed by atoms with Crippen LogP contribution >= 0.6 is 0 Å². The lowest BCUT2D eigenvalue weighted by Gasteiger charge is -2.15. The van der Waals surface area contributed by atoms with E-state index in [1.54, 1.807) is 12.1 Å². The molecule has 0 aliphatic carbocycles. The van der Waals surface area contributed by atoms with Gasteiger partial charge in [-0.25, -0.2) is 4.79 Å². The smallest absolute Gasteiger partial charge is 0.339 e. The van der Waals surface area contributed by atoms with Gasteiger partial charge in [-0.15, -0.1) is 0 Å². The first kappa shape index (κ1) is 18.6. The van der Waals surface area contributed by atoms with E-state index in [0.29, 0.717) is 0 Å². The lowest BCUT2D eigenvalue weighted by Crippen LogP contribution is -2.12. The van der Waals surface area contributed by atoms with Crippen molar-refractivity contribution in [2.24, 2.45) is 0 Å². The summed E-state index contributed by atoms with van der Waals surface area (Å²) in [6, 6.07) is 8.75. The maximum absolute atomic E-state index is 12.5. The SMILES string of the molecule is COC(=O)c1cc(OC)c(OC)c(OS(=O)(=O)c2ccc(C)cc2)c1. The molecular formula is C17H18O7S. The molecule has 0 aliphatic heterocycles. The Kier molecular flexibility index (Phi) is 5.53. The van der Waals surface area contributed by atoms with Crippen LogP contribution in [-0.4, -0.2) is 35.7 Å². The van der Waals surface area contributed by atoms with Crippen LogP contribution in [0.3, 0.4) is 0 Å². The Labute approximate surface area is 146 Å². The van der Waals surface area contributed by atoms with Crippen molar-refractivity contribution in [1.82, 2.24) is 0 Å². The van der Waals surface area contributed by atoms with Crippen LogP contribution < -0.4 is 13.7 Å². The molecule has 0 N–H and O–H groups in total. The topological polar surface area (TPSA) is 88.1 Å². The molecule has 8 heteroatoms. The standard InChI is InChI=1S/C17H18O7S/c1-11-5-7-13(8-6-11)25(19,20)24-15-10-12(17(18)23-4)9-14(21-2)16(15)22-3/h5-10H,1-4H3. The van der Waals surface area contributed by atoms with Crippen LogP contribution in [0.2, 0.25) is 0 Å². The van der Waals surface area contributed by atoms with E-state index in [2.05, 4.69) is 4.74 Å². The van der Waals surface area contributed by atoms with E-state index in [4.69, 9.17) is 13.7 Å². The molecule has 0 atom stereocenters. The summed E-state index contributed by atoms with van der Waals surface area (Å²) in [5, 5.41) is 0. The predicted octanol–water partition coefficient (Wildman–Crippen LogP) is 2.57. The highest BCUT2D eigenvalue weighted by atomic mass is 32.2. The highest BCUT2D eigenvalue weighted by Gasteiger charge is 2.24. The number of benzene rings is 2. The van der Waals surface area contributed by atoms with Crippen molar-refractivity contribution in [1.29, 1.82) is 0 Å². The number of hydrogen-bond acceptors (Lipinski definition) is 7. The number of carbonyl (C=O) groups is 1. The molecule has 0 bridgehead atoms. The fraction of sp³-hybridized carbons (Fsp3) is 0.235. The first-order chi connectivity index (χ1) is 11.8. The van der Waals surface area contributed by atoms with Crippen molar-refractivity contribution < 1.29 is 31.6 Å². The van der Waals surface area contributed by atoms with Crippen LogP contribution in [0, 0.1) is 6.92 Å². The molecule has 0 saturated heterocycles. The van der Waals surface area contributed by atoms with Gasteiger partial charge < -0.3 is 18.4 Å². The van der Waals surface area contributed by atoms with Crippen molar-refractivity contribution in [3.63, 3.8) is 0 Å². The van der Waals surface area contributed by atoms with Crippen molar-refractivity contribution in [2.75, 3.05) is 21.3 Å². The van der Waals surface area contributed by atoms with Gasteiger partial charge in [0.25, 0.3) is 0 Å². The Morgan fingerprint density at radius 3 is 2.04 bits per heavy atom. The fourth-order valence-corrected chi connectivity index (χ4v) is 3.02. The zero-order valence-electron chi connectivity index (χ0n) is 14.2. The van der Waals surface area contributed by atoms with Gasteiger partial charge in [-0.1, -0.05) is 17.7 Å². The fourth-order valence-electron chi connectivity index (χ4n) is 2.10. The monoisotopic (exact) mass is 366 g/mol. The molecule has 0 spiro atoms. The van der Waals surface area contributed by atoms with E-state index in [0.717, 1.165) is 5.56 Å². The zero-order chi connectivity index (χ0) is 18.6. The van der Waals surface area contributed by atoms with Crippen LogP contribution in [0.5, 0.6) is 17.2 Å². The zero-order valence-corrected chi connectivity index (χ0v) is 15.0. The Bertz CT molecular complexity index is 871. The molecule has 0 heterocycles. The quantitative estimate of drug-likeness (QED) is 0.573. The molecule has 7 nitrogen and oxygen atoms in total. The van der Waals surface area contributed by atoms with Crippen LogP contribution in [0.4, 0.5) is 0 Å². The van der Waals surface area contributed by atoms with Crippen molar-refractivity contribution in [3.8, 4) is 17.2 Å². The minimum atomic E-state index is -4.12. The molecule has 0 unspecified atom stereocenters. The Morgan fingerprint density at radius 1 is 0.920 bits per heavy atom. The summed E-state index contributed by atoms with van der Waals surface area (Å²) in [7, 11) is -0.221. The summed E-state index contributed by atoms with van der Waals surface area (Å²) in [6.45, 7) is 1.84. The van der Waals surface area contributed by atoms with E-state index in [-0.39, 0.29) is 27.7 Å². The number of rotatable bonds is 6. The lowest BCUT2D eigenvalue weighted by atomic mass is 10.2. The van der Waals surface area contributed by atoms with Gasteiger partial charge in [-0.2, -0.15) is 8.42 Å². The highest BCUT2D eigenvalue weighted by molar-refractivity contribution is 7.87. The molecular weight excluding hydrogens is 348 g/mol. The molecule has 0 saturated carbocycles. The summed E-state index contributed by atoms with van der Waals surface area (Å²) < 4.78 is 45.1. The second-order valence-corrected chi connectivity index (χ2v) is 6.60. The molecule has 134 valence electrons.